The third-order valence-electron chi connectivity index (χ3n) is 3.71. The van der Waals surface area contributed by atoms with E-state index in [-0.39, 0.29) is 0 Å². The van der Waals surface area contributed by atoms with Gasteiger partial charge in [-0.1, -0.05) is 0 Å². The maximum atomic E-state index is 11.7. The van der Waals surface area contributed by atoms with Crippen LogP contribution in [-0.2, 0) is 52.4 Å². The quantitative estimate of drug-likeness (QED) is 0.437. The van der Waals surface area contributed by atoms with E-state index >= 15 is 0 Å². The van der Waals surface area contributed by atoms with Crippen molar-refractivity contribution in [2.45, 2.75) is 71.7 Å². The zero-order chi connectivity index (χ0) is 21.6. The maximum Gasteiger partial charge on any atom is 0.305 e. The molecule has 0 radical (unpaired) electrons. The molecule has 11 nitrogen and oxygen atoms in total. The third kappa shape index (κ3) is 6.19. The Morgan fingerprint density at radius 1 is 0.750 bits per heavy atom. The van der Waals surface area contributed by atoms with Gasteiger partial charge < -0.3 is 28.4 Å². The largest absolute Gasteiger partial charge is 0.463 e. The lowest BCUT2D eigenvalue weighted by molar-refractivity contribution is -0.325. The summed E-state index contributed by atoms with van der Waals surface area (Å²) in [7, 11) is 0. The molecule has 11 heteroatoms. The normalized spacial score (nSPS) is 29.2. The van der Waals surface area contributed by atoms with Gasteiger partial charge in [0.05, 0.1) is 0 Å². The van der Waals surface area contributed by atoms with E-state index in [0.717, 1.165) is 34.6 Å². The molecule has 28 heavy (non-hydrogen) atoms. The van der Waals surface area contributed by atoms with Gasteiger partial charge in [-0.2, -0.15) is 0 Å². The highest BCUT2D eigenvalue weighted by molar-refractivity contribution is 5.69. The van der Waals surface area contributed by atoms with Crippen molar-refractivity contribution in [2.75, 3.05) is 6.61 Å². The summed E-state index contributed by atoms with van der Waals surface area (Å²) < 4.78 is 31.4. The van der Waals surface area contributed by atoms with Crippen LogP contribution in [0.15, 0.2) is 0 Å². The van der Waals surface area contributed by atoms with Crippen molar-refractivity contribution < 1.29 is 52.4 Å². The first-order valence-corrected chi connectivity index (χ1v) is 8.36. The summed E-state index contributed by atoms with van der Waals surface area (Å²) in [5, 5.41) is 0. The Labute approximate surface area is 161 Å². The van der Waals surface area contributed by atoms with Gasteiger partial charge in [0.25, 0.3) is 0 Å². The summed E-state index contributed by atoms with van der Waals surface area (Å²) >= 11 is 0. The topological polar surface area (TPSA) is 141 Å². The third-order valence-corrected chi connectivity index (χ3v) is 3.71. The van der Waals surface area contributed by atoms with Crippen LogP contribution < -0.4 is 0 Å². The van der Waals surface area contributed by atoms with Gasteiger partial charge in [0.1, 0.15) is 12.7 Å². The van der Waals surface area contributed by atoms with E-state index in [9.17, 15) is 24.0 Å². The van der Waals surface area contributed by atoms with Crippen LogP contribution in [0.3, 0.4) is 0 Å². The molecule has 5 unspecified atom stereocenters. The fourth-order valence-electron chi connectivity index (χ4n) is 2.84. The van der Waals surface area contributed by atoms with Gasteiger partial charge in [-0.3, -0.25) is 24.0 Å². The molecule has 1 heterocycles. The zero-order valence-corrected chi connectivity index (χ0v) is 16.5. The maximum absolute atomic E-state index is 11.7. The summed E-state index contributed by atoms with van der Waals surface area (Å²) in [6.45, 7) is 6.46. The number of carbonyl (C=O) groups is 5. The molecule has 0 aliphatic carbocycles. The molecule has 158 valence electrons. The first-order valence-electron chi connectivity index (χ1n) is 8.36. The molecular formula is C17H24O11. The Morgan fingerprint density at radius 2 is 1.25 bits per heavy atom. The van der Waals surface area contributed by atoms with Crippen molar-refractivity contribution in [1.29, 1.82) is 0 Å². The predicted octanol–water partition coefficient (Wildman–Crippen LogP) is 0.0227. The number of hydrogen-bond acceptors (Lipinski definition) is 11. The van der Waals surface area contributed by atoms with Crippen LogP contribution in [0.2, 0.25) is 0 Å². The SMILES string of the molecule is CC(=O)OCC1OC(OC(C)=O)C(OC(C)=O)C(C)(OC(C)=O)C1OC(C)=O. The minimum Gasteiger partial charge on any atom is -0.463 e. The summed E-state index contributed by atoms with van der Waals surface area (Å²) in [6.07, 6.45) is -5.51. The highest BCUT2D eigenvalue weighted by atomic mass is 16.7. The van der Waals surface area contributed by atoms with Crippen molar-refractivity contribution in [3.63, 3.8) is 0 Å². The van der Waals surface area contributed by atoms with E-state index in [1.54, 1.807) is 0 Å². The molecule has 1 rings (SSSR count). The first kappa shape index (κ1) is 23.3. The molecule has 1 aliphatic heterocycles. The lowest BCUT2D eigenvalue weighted by atomic mass is 9.85. The molecule has 1 aliphatic rings. The molecule has 0 aromatic heterocycles. The number of hydrogen-bond donors (Lipinski definition) is 0. The predicted molar refractivity (Wildman–Crippen MR) is 88.3 cm³/mol. The highest BCUT2D eigenvalue weighted by Crippen LogP contribution is 2.38. The number of esters is 5. The van der Waals surface area contributed by atoms with Crippen LogP contribution in [0.4, 0.5) is 0 Å². The highest BCUT2D eigenvalue weighted by Gasteiger charge is 2.61. The van der Waals surface area contributed by atoms with Crippen LogP contribution in [0, 0.1) is 0 Å². The second-order valence-electron chi connectivity index (χ2n) is 6.29. The minimum absolute atomic E-state index is 0.408. The molecule has 0 spiro atoms. The average molecular weight is 404 g/mol. The van der Waals surface area contributed by atoms with Gasteiger partial charge in [0.2, 0.25) is 12.4 Å². The molecule has 0 N–H and O–H groups in total. The van der Waals surface area contributed by atoms with Gasteiger partial charge in [0, 0.05) is 34.6 Å². The summed E-state index contributed by atoms with van der Waals surface area (Å²) in [5.41, 5.74) is -1.81. The lowest BCUT2D eigenvalue weighted by Gasteiger charge is -2.49. The fraction of sp³-hybridized carbons (Fsp3) is 0.706. The van der Waals surface area contributed by atoms with Crippen molar-refractivity contribution in [3.05, 3.63) is 0 Å². The standard InChI is InChI=1S/C17H24O11/c1-8(18)23-7-13-14(24-9(2)19)17(6,28-12(5)22)15(25-10(3)20)16(27-13)26-11(4)21/h13-16H,7H2,1-6H3. The van der Waals surface area contributed by atoms with Crippen molar-refractivity contribution in [1.82, 2.24) is 0 Å². The minimum atomic E-state index is -1.81. The Bertz CT molecular complexity index is 643. The van der Waals surface area contributed by atoms with Gasteiger partial charge >= 0.3 is 29.8 Å². The lowest BCUT2D eigenvalue weighted by Crippen LogP contribution is -2.69. The van der Waals surface area contributed by atoms with E-state index in [4.69, 9.17) is 28.4 Å². The number of rotatable bonds is 6. The summed E-state index contributed by atoms with van der Waals surface area (Å²) in [5.74, 6) is -3.75. The smallest absolute Gasteiger partial charge is 0.305 e. The van der Waals surface area contributed by atoms with E-state index in [0.29, 0.717) is 0 Å². The van der Waals surface area contributed by atoms with Crippen LogP contribution in [-0.4, -0.2) is 66.7 Å². The molecule has 1 fully saturated rings. The summed E-state index contributed by atoms with van der Waals surface area (Å²) in [6, 6.07) is 0. The van der Waals surface area contributed by atoms with Crippen LogP contribution in [0.5, 0.6) is 0 Å². The van der Waals surface area contributed by atoms with Crippen molar-refractivity contribution in [3.8, 4) is 0 Å². The van der Waals surface area contributed by atoms with E-state index in [2.05, 4.69) is 0 Å². The van der Waals surface area contributed by atoms with Crippen LogP contribution in [0.25, 0.3) is 0 Å². The van der Waals surface area contributed by atoms with Crippen molar-refractivity contribution in [2.24, 2.45) is 0 Å². The Hall–Kier alpha value is -2.69. The Kier molecular flexibility index (Phi) is 7.91. The van der Waals surface area contributed by atoms with Gasteiger partial charge in [0.15, 0.2) is 11.7 Å². The molecule has 0 aromatic carbocycles. The molecular weight excluding hydrogens is 380 g/mol. The molecule has 0 saturated carbocycles. The molecule has 0 aromatic rings. The van der Waals surface area contributed by atoms with Crippen LogP contribution >= 0.6 is 0 Å². The average Bonchev–Trinajstić information content (AvgIpc) is 2.50. The molecule has 0 amide bonds. The van der Waals surface area contributed by atoms with E-state index in [1.165, 1.54) is 6.92 Å². The fourth-order valence-corrected chi connectivity index (χ4v) is 2.84. The van der Waals surface area contributed by atoms with Crippen LogP contribution in [0.1, 0.15) is 41.5 Å². The van der Waals surface area contributed by atoms with E-state index < -0.39 is 66.7 Å². The van der Waals surface area contributed by atoms with E-state index in [1.807, 2.05) is 0 Å². The molecule has 1 saturated heterocycles. The zero-order valence-electron chi connectivity index (χ0n) is 16.5. The number of ether oxygens (including phenoxy) is 6. The molecule has 0 bridgehead atoms. The number of carbonyl (C=O) groups excluding carboxylic acids is 5. The van der Waals surface area contributed by atoms with Gasteiger partial charge in [-0.15, -0.1) is 0 Å². The first-order chi connectivity index (χ1) is 12.9. The second kappa shape index (κ2) is 9.49. The summed E-state index contributed by atoms with van der Waals surface area (Å²) in [4.78, 5) is 57.7. The van der Waals surface area contributed by atoms with Crippen molar-refractivity contribution >= 4 is 29.8 Å². The van der Waals surface area contributed by atoms with Gasteiger partial charge in [-0.05, 0) is 6.92 Å². The monoisotopic (exact) mass is 404 g/mol. The second-order valence-corrected chi connectivity index (χ2v) is 6.29. The van der Waals surface area contributed by atoms with Gasteiger partial charge in [-0.25, -0.2) is 0 Å². The molecule has 5 atom stereocenters. The Balaban J connectivity index is 3.45. The Morgan fingerprint density at radius 3 is 1.68 bits per heavy atom.